The Kier molecular flexibility index (Phi) is 8.67. The highest BCUT2D eigenvalue weighted by Crippen LogP contribution is 2.35. The summed E-state index contributed by atoms with van der Waals surface area (Å²) < 4.78 is 5.33. The van der Waals surface area contributed by atoms with Gasteiger partial charge in [-0.2, -0.15) is 0 Å². The van der Waals surface area contributed by atoms with Crippen LogP contribution >= 0.6 is 22.7 Å². The summed E-state index contributed by atoms with van der Waals surface area (Å²) in [7, 11) is 0. The number of carbonyl (C=O) groups excluding carboxylic acids is 3. The molecule has 3 amide bonds. The minimum atomic E-state index is -0.174. The van der Waals surface area contributed by atoms with E-state index in [4.69, 9.17) is 4.74 Å². The Labute approximate surface area is 246 Å². The molecule has 1 aromatic carbocycles. The number of ether oxygens (including phenoxy) is 1. The van der Waals surface area contributed by atoms with E-state index in [0.29, 0.717) is 49.4 Å². The van der Waals surface area contributed by atoms with Crippen LogP contribution in [0.1, 0.15) is 39.1 Å². The van der Waals surface area contributed by atoms with Crippen molar-refractivity contribution in [3.8, 4) is 10.4 Å². The molecule has 13 heteroatoms. The minimum Gasteiger partial charge on any atom is -0.379 e. The Morgan fingerprint density at radius 3 is 2.61 bits per heavy atom. The normalized spacial score (nSPS) is 19.6. The molecule has 0 spiro atoms. The van der Waals surface area contributed by atoms with Gasteiger partial charge in [0.25, 0.3) is 5.91 Å². The van der Waals surface area contributed by atoms with Gasteiger partial charge in [-0.25, -0.2) is 9.97 Å². The van der Waals surface area contributed by atoms with Crippen LogP contribution in [0.15, 0.2) is 36.7 Å². The van der Waals surface area contributed by atoms with Crippen molar-refractivity contribution in [2.45, 2.75) is 31.3 Å². The smallest absolute Gasteiger partial charge is 0.282 e. The standard InChI is InChI=1S/C28H33N7O4S2/c36-23(17-34-8-10-39-11-9-34)30-12-18-3-5-19(6-4-18)22-13-31-26(40-22)20-15-35(16-20)28(38)27-32-14-24(41-27)33-25(37)21-2-1-7-29-21/h3-6,13-14,20-21,29H,1-2,7-12,15-17H2,(H,30,36)(H,33,37)/t21-/m0/s1. The van der Waals surface area contributed by atoms with Gasteiger partial charge in [-0.3, -0.25) is 19.3 Å². The number of nitrogens with one attached hydrogen (secondary N) is 3. The first-order valence-corrected chi connectivity index (χ1v) is 15.6. The van der Waals surface area contributed by atoms with Crippen LogP contribution in [0.5, 0.6) is 0 Å². The molecule has 0 bridgehead atoms. The van der Waals surface area contributed by atoms with Crippen LogP contribution in [-0.2, 0) is 20.9 Å². The van der Waals surface area contributed by atoms with Crippen molar-refractivity contribution < 1.29 is 19.1 Å². The molecule has 3 aliphatic heterocycles. The molecule has 3 aliphatic rings. The fourth-order valence-corrected chi connectivity index (χ4v) is 6.89. The second-order valence-electron chi connectivity index (χ2n) is 10.5. The fourth-order valence-electron chi connectivity index (χ4n) is 5.10. The van der Waals surface area contributed by atoms with Crippen molar-refractivity contribution in [3.63, 3.8) is 0 Å². The number of benzene rings is 1. The Bertz CT molecular complexity index is 1370. The number of likely N-dealkylation sites (tertiary alicyclic amines) is 1. The molecule has 41 heavy (non-hydrogen) atoms. The maximum atomic E-state index is 12.9. The Balaban J connectivity index is 0.961. The summed E-state index contributed by atoms with van der Waals surface area (Å²) in [6.07, 6.45) is 5.26. The quantitative estimate of drug-likeness (QED) is 0.343. The molecule has 0 unspecified atom stereocenters. The van der Waals surface area contributed by atoms with Crippen molar-refractivity contribution in [1.82, 2.24) is 30.4 Å². The van der Waals surface area contributed by atoms with Crippen LogP contribution in [0.25, 0.3) is 10.4 Å². The third-order valence-electron chi connectivity index (χ3n) is 7.55. The monoisotopic (exact) mass is 595 g/mol. The van der Waals surface area contributed by atoms with Crippen molar-refractivity contribution >= 4 is 45.4 Å². The number of nitrogens with zero attached hydrogens (tertiary/aromatic N) is 4. The van der Waals surface area contributed by atoms with Crippen LogP contribution in [-0.4, -0.2) is 96.0 Å². The predicted molar refractivity (Wildman–Crippen MR) is 157 cm³/mol. The molecule has 0 aliphatic carbocycles. The lowest BCUT2D eigenvalue weighted by atomic mass is 10.0. The first kappa shape index (κ1) is 27.9. The first-order valence-electron chi connectivity index (χ1n) is 13.9. The second kappa shape index (κ2) is 12.7. The molecule has 5 heterocycles. The summed E-state index contributed by atoms with van der Waals surface area (Å²) in [6, 6.07) is 8.00. The van der Waals surface area contributed by atoms with Gasteiger partial charge < -0.3 is 25.6 Å². The molecule has 0 radical (unpaired) electrons. The zero-order valence-electron chi connectivity index (χ0n) is 22.6. The highest BCUT2D eigenvalue weighted by Gasteiger charge is 2.35. The lowest BCUT2D eigenvalue weighted by Gasteiger charge is -2.37. The number of carbonyl (C=O) groups is 3. The van der Waals surface area contributed by atoms with E-state index in [0.717, 1.165) is 53.5 Å². The van der Waals surface area contributed by atoms with Gasteiger partial charge >= 0.3 is 0 Å². The summed E-state index contributed by atoms with van der Waals surface area (Å²) >= 11 is 2.86. The summed E-state index contributed by atoms with van der Waals surface area (Å²) in [5.41, 5.74) is 2.12. The molecule has 3 fully saturated rings. The molecule has 216 valence electrons. The predicted octanol–water partition coefficient (Wildman–Crippen LogP) is 2.15. The Morgan fingerprint density at radius 1 is 1.05 bits per heavy atom. The van der Waals surface area contributed by atoms with Crippen LogP contribution in [0.2, 0.25) is 0 Å². The molecule has 3 aromatic rings. The van der Waals surface area contributed by atoms with Crippen LogP contribution in [0, 0.1) is 0 Å². The van der Waals surface area contributed by atoms with E-state index in [9.17, 15) is 14.4 Å². The SMILES string of the molecule is O=C(CN1CCOCC1)NCc1ccc(-c2cnc(C3CN(C(=O)c4ncc(NC(=O)[C@@H]5CCCN5)s4)C3)s2)cc1. The van der Waals surface area contributed by atoms with Crippen molar-refractivity contribution in [2.75, 3.05) is 57.8 Å². The van der Waals surface area contributed by atoms with Gasteiger partial charge in [0.05, 0.1) is 41.9 Å². The third-order valence-corrected chi connectivity index (χ3v) is 9.66. The largest absolute Gasteiger partial charge is 0.379 e. The summed E-state index contributed by atoms with van der Waals surface area (Å²) in [4.78, 5) is 51.3. The number of rotatable bonds is 9. The number of amides is 3. The van der Waals surface area contributed by atoms with Gasteiger partial charge in [0.2, 0.25) is 11.8 Å². The van der Waals surface area contributed by atoms with E-state index in [1.807, 2.05) is 18.3 Å². The van der Waals surface area contributed by atoms with Gasteiger partial charge in [0.1, 0.15) is 5.00 Å². The van der Waals surface area contributed by atoms with Crippen LogP contribution in [0.4, 0.5) is 5.00 Å². The number of hydrogen-bond donors (Lipinski definition) is 3. The van der Waals surface area contributed by atoms with Gasteiger partial charge in [-0.1, -0.05) is 35.6 Å². The lowest BCUT2D eigenvalue weighted by Crippen LogP contribution is -2.48. The fraction of sp³-hybridized carbons (Fsp3) is 0.464. The van der Waals surface area contributed by atoms with E-state index in [2.05, 4.69) is 43.0 Å². The van der Waals surface area contributed by atoms with Gasteiger partial charge in [-0.15, -0.1) is 11.3 Å². The Morgan fingerprint density at radius 2 is 1.85 bits per heavy atom. The molecule has 3 saturated heterocycles. The van der Waals surface area contributed by atoms with Gasteiger partial charge in [0, 0.05) is 44.8 Å². The molecule has 6 rings (SSSR count). The maximum Gasteiger partial charge on any atom is 0.282 e. The third kappa shape index (κ3) is 6.81. The first-order chi connectivity index (χ1) is 20.0. The zero-order chi connectivity index (χ0) is 28.2. The molecule has 3 N–H and O–H groups in total. The Hall–Kier alpha value is -3.23. The van der Waals surface area contributed by atoms with Crippen LogP contribution in [0.3, 0.4) is 0 Å². The average molecular weight is 596 g/mol. The zero-order valence-corrected chi connectivity index (χ0v) is 24.3. The molecule has 2 aromatic heterocycles. The van der Waals surface area contributed by atoms with E-state index >= 15 is 0 Å². The van der Waals surface area contributed by atoms with E-state index < -0.39 is 0 Å². The van der Waals surface area contributed by atoms with E-state index in [-0.39, 0.29) is 29.7 Å². The number of thiazole rings is 2. The summed E-state index contributed by atoms with van der Waals surface area (Å²) in [5.74, 6) is 0.0334. The lowest BCUT2D eigenvalue weighted by molar-refractivity contribution is -0.123. The molecule has 0 saturated carbocycles. The van der Waals surface area contributed by atoms with Crippen molar-refractivity contribution in [1.29, 1.82) is 0 Å². The molecule has 1 atom stereocenters. The van der Waals surface area contributed by atoms with Gasteiger partial charge in [0.15, 0.2) is 5.01 Å². The number of hydrogen-bond acceptors (Lipinski definition) is 10. The van der Waals surface area contributed by atoms with E-state index in [1.54, 1.807) is 22.4 Å². The minimum absolute atomic E-state index is 0.0232. The van der Waals surface area contributed by atoms with E-state index in [1.165, 1.54) is 11.3 Å². The average Bonchev–Trinajstić information content (AvgIpc) is 3.75. The van der Waals surface area contributed by atoms with Gasteiger partial charge in [-0.05, 0) is 30.5 Å². The maximum absolute atomic E-state index is 12.9. The molecule has 11 nitrogen and oxygen atoms in total. The highest BCUT2D eigenvalue weighted by molar-refractivity contribution is 7.17. The second-order valence-corrected chi connectivity index (χ2v) is 12.6. The summed E-state index contributed by atoms with van der Waals surface area (Å²) in [6.45, 7) is 5.89. The number of morpholine rings is 1. The highest BCUT2D eigenvalue weighted by atomic mass is 32.1. The molecular weight excluding hydrogens is 562 g/mol. The topological polar surface area (TPSA) is 129 Å². The summed E-state index contributed by atoms with van der Waals surface area (Å²) in [5, 5.41) is 11.0. The number of anilines is 1. The van der Waals surface area contributed by atoms with Crippen molar-refractivity contribution in [3.05, 3.63) is 52.2 Å². The number of aromatic nitrogens is 2. The van der Waals surface area contributed by atoms with Crippen molar-refractivity contribution in [2.24, 2.45) is 0 Å². The van der Waals surface area contributed by atoms with Crippen LogP contribution < -0.4 is 16.0 Å². The molecular formula is C28H33N7O4S2.